The van der Waals surface area contributed by atoms with Gasteiger partial charge in [0.15, 0.2) is 16.6 Å². The van der Waals surface area contributed by atoms with Crippen LogP contribution >= 0.6 is 11.3 Å². The Kier molecular flexibility index (Phi) is 16.1. The molecule has 51 heavy (non-hydrogen) atoms. The number of aliphatic hydroxyl groups is 1. The Bertz CT molecular complexity index is 1400. The molecule has 0 saturated carbocycles. The average Bonchev–Trinajstić information content (AvgIpc) is 3.41. The van der Waals surface area contributed by atoms with Crippen molar-refractivity contribution in [2.45, 2.75) is 169 Å². The predicted octanol–water partition coefficient (Wildman–Crippen LogP) is 10.9. The van der Waals surface area contributed by atoms with Crippen molar-refractivity contribution in [2.75, 3.05) is 6.61 Å². The number of hydrogen-bond donors (Lipinski definition) is 1. The van der Waals surface area contributed by atoms with Gasteiger partial charge in [0.2, 0.25) is 0 Å². The molecule has 10 heteroatoms. The second kappa shape index (κ2) is 18.1. The van der Waals surface area contributed by atoms with Crippen LogP contribution in [0.25, 0.3) is 6.08 Å². The summed E-state index contributed by atoms with van der Waals surface area (Å²) >= 11 is 1.57. The van der Waals surface area contributed by atoms with Crippen LogP contribution in [0.15, 0.2) is 35.3 Å². The number of carbonyl (C=O) groups is 2. The van der Waals surface area contributed by atoms with Crippen LogP contribution in [-0.2, 0) is 23.2 Å². The maximum Gasteiger partial charge on any atom is 0.309 e. The number of Topliss-reactive ketones (excluding diaryl/α,β-unsaturated/α-hetero) is 1. The molecule has 6 atom stereocenters. The Morgan fingerprint density at radius 3 is 2.20 bits per heavy atom. The third-order valence-corrected chi connectivity index (χ3v) is 21.7. The zero-order chi connectivity index (χ0) is 39.2. The van der Waals surface area contributed by atoms with Crippen LogP contribution in [0.5, 0.6) is 0 Å². The smallest absolute Gasteiger partial charge is 0.309 e. The molecule has 0 spiro atoms. The largest absolute Gasteiger partial charge is 0.457 e. The lowest BCUT2D eigenvalue weighted by atomic mass is 9.69. The van der Waals surface area contributed by atoms with Gasteiger partial charge in [0.05, 0.1) is 41.4 Å². The molecule has 290 valence electrons. The molecule has 0 radical (unpaired) electrons. The minimum Gasteiger partial charge on any atom is -0.457 e. The highest BCUT2D eigenvalue weighted by Gasteiger charge is 2.51. The van der Waals surface area contributed by atoms with Gasteiger partial charge in [0, 0.05) is 17.7 Å². The van der Waals surface area contributed by atoms with Gasteiger partial charge in [-0.3, -0.25) is 9.59 Å². The van der Waals surface area contributed by atoms with Crippen molar-refractivity contribution >= 4 is 45.8 Å². The number of esters is 1. The van der Waals surface area contributed by atoms with E-state index in [-0.39, 0.29) is 40.9 Å². The quantitative estimate of drug-likeness (QED) is 0.152. The van der Waals surface area contributed by atoms with E-state index in [1.807, 2.05) is 45.2 Å². The number of aromatic nitrogens is 1. The molecule has 0 aromatic carbocycles. The molecule has 1 aliphatic rings. The van der Waals surface area contributed by atoms with Crippen LogP contribution in [0.1, 0.15) is 118 Å². The fourth-order valence-electron chi connectivity index (χ4n) is 6.31. The van der Waals surface area contributed by atoms with E-state index < -0.39 is 46.1 Å². The van der Waals surface area contributed by atoms with Crippen molar-refractivity contribution in [1.29, 1.82) is 0 Å². The van der Waals surface area contributed by atoms with E-state index in [0.717, 1.165) is 34.7 Å². The van der Waals surface area contributed by atoms with Crippen molar-refractivity contribution in [2.24, 2.45) is 17.3 Å². The van der Waals surface area contributed by atoms with Crippen LogP contribution in [-0.4, -0.2) is 63.4 Å². The Morgan fingerprint density at radius 2 is 1.69 bits per heavy atom. The van der Waals surface area contributed by atoms with Crippen LogP contribution in [0.3, 0.4) is 0 Å². The summed E-state index contributed by atoms with van der Waals surface area (Å²) in [6.45, 7) is 36.1. The number of cyclic esters (lactones) is 1. The van der Waals surface area contributed by atoms with Gasteiger partial charge in [0.25, 0.3) is 0 Å². The number of carbonyl (C=O) groups excluding carboxylic acids is 2. The summed E-state index contributed by atoms with van der Waals surface area (Å²) in [5, 5.41) is 13.1. The Balaban J connectivity index is 2.79. The molecular formula is C41H71NO6SSi2. The van der Waals surface area contributed by atoms with Crippen molar-refractivity contribution in [3.05, 3.63) is 46.0 Å². The number of hydrogen-bond acceptors (Lipinski definition) is 8. The summed E-state index contributed by atoms with van der Waals surface area (Å²) in [7, 11) is -4.77. The van der Waals surface area contributed by atoms with Gasteiger partial charge >= 0.3 is 5.97 Å². The molecular weight excluding hydrogens is 691 g/mol. The summed E-state index contributed by atoms with van der Waals surface area (Å²) < 4.78 is 20.6. The average molecular weight is 762 g/mol. The van der Waals surface area contributed by atoms with Gasteiger partial charge in [-0.25, -0.2) is 4.98 Å². The zero-order valence-corrected chi connectivity index (χ0v) is 37.5. The highest BCUT2D eigenvalue weighted by molar-refractivity contribution is 7.09. The van der Waals surface area contributed by atoms with Gasteiger partial charge < -0.3 is 18.7 Å². The highest BCUT2D eigenvalue weighted by atomic mass is 32.1. The highest BCUT2D eigenvalue weighted by Crippen LogP contribution is 2.45. The van der Waals surface area contributed by atoms with Gasteiger partial charge in [-0.15, -0.1) is 17.9 Å². The maximum absolute atomic E-state index is 15.2. The standard InChI is InChI=1S/C41H71NO6SSi2/c1-17-23-41(12)35(47-50(13,14)39(6,7)8)25-36(44)46-34(29(3)24-33-27-49-31(5)42-33)22-21-32(26-43)20-18-19-28(2)37(30(4)38(41)45)48-51(15,16)40(9,10)11/h17,21,24,27-28,30,34-35,37,43H,1,18-20,22-23,25-26H2,2-16H3/b29-24+,32-21+/t28-,30+,34-,35-,37-,41+/m0/s1. The molecule has 1 aromatic rings. The van der Waals surface area contributed by atoms with Gasteiger partial charge in [-0.1, -0.05) is 67.5 Å². The summed E-state index contributed by atoms with van der Waals surface area (Å²) in [4.78, 5) is 34.0. The molecule has 1 N–H and O–H groups in total. The van der Waals surface area contributed by atoms with E-state index >= 15 is 4.79 Å². The lowest BCUT2D eigenvalue weighted by Crippen LogP contribution is -2.55. The minimum absolute atomic E-state index is 0.0315. The van der Waals surface area contributed by atoms with E-state index in [1.54, 1.807) is 17.4 Å². The fourth-order valence-corrected chi connectivity index (χ4v) is 9.76. The normalized spacial score (nSPS) is 28.6. The maximum atomic E-state index is 15.2. The van der Waals surface area contributed by atoms with E-state index in [2.05, 4.69) is 86.2 Å². The summed E-state index contributed by atoms with van der Waals surface area (Å²) in [5.41, 5.74) is 1.55. The summed E-state index contributed by atoms with van der Waals surface area (Å²) in [6, 6.07) is 0. The molecule has 1 aromatic heterocycles. The number of ether oxygens (including phenoxy) is 1. The van der Waals surface area contributed by atoms with Gasteiger partial charge in [-0.2, -0.15) is 0 Å². The lowest BCUT2D eigenvalue weighted by Gasteiger charge is -2.47. The number of aryl methyl sites for hydroxylation is 1. The zero-order valence-electron chi connectivity index (χ0n) is 34.7. The van der Waals surface area contributed by atoms with E-state index in [9.17, 15) is 9.90 Å². The van der Waals surface area contributed by atoms with E-state index in [1.165, 1.54) is 0 Å². The molecule has 0 aliphatic carbocycles. The monoisotopic (exact) mass is 761 g/mol. The van der Waals surface area contributed by atoms with Crippen LogP contribution < -0.4 is 0 Å². The first kappa shape index (κ1) is 45.5. The Labute approximate surface area is 317 Å². The van der Waals surface area contributed by atoms with Crippen molar-refractivity contribution in [3.63, 3.8) is 0 Å². The Hall–Kier alpha value is -1.70. The van der Waals surface area contributed by atoms with Crippen molar-refractivity contribution in [3.8, 4) is 0 Å². The summed E-state index contributed by atoms with van der Waals surface area (Å²) in [6.07, 6.45) is 7.27. The lowest BCUT2D eigenvalue weighted by molar-refractivity contribution is -0.154. The molecule has 0 bridgehead atoms. The number of allylic oxidation sites excluding steroid dienone is 1. The topological polar surface area (TPSA) is 95.0 Å². The molecule has 0 fully saturated rings. The van der Waals surface area contributed by atoms with Crippen molar-refractivity contribution in [1.82, 2.24) is 4.98 Å². The molecule has 1 aliphatic heterocycles. The molecule has 2 heterocycles. The second-order valence-corrected chi connectivity index (χ2v) is 28.8. The summed E-state index contributed by atoms with van der Waals surface area (Å²) in [5.74, 6) is -0.761. The Morgan fingerprint density at radius 1 is 1.10 bits per heavy atom. The van der Waals surface area contributed by atoms with Crippen molar-refractivity contribution < 1.29 is 28.3 Å². The number of ketones is 1. The first-order valence-corrected chi connectivity index (χ1v) is 25.6. The molecule has 0 unspecified atom stereocenters. The van der Waals surface area contributed by atoms with E-state index in [0.29, 0.717) is 19.3 Å². The first-order valence-electron chi connectivity index (χ1n) is 18.9. The molecule has 0 amide bonds. The van der Waals surface area contributed by atoms with Gasteiger partial charge in [-0.05, 0) is 106 Å². The van der Waals surface area contributed by atoms with Crippen LogP contribution in [0, 0.1) is 24.2 Å². The first-order chi connectivity index (χ1) is 23.3. The minimum atomic E-state index is -2.48. The van der Waals surface area contributed by atoms with Crippen LogP contribution in [0.2, 0.25) is 36.3 Å². The van der Waals surface area contributed by atoms with E-state index in [4.69, 9.17) is 13.6 Å². The fraction of sp³-hybridized carbons (Fsp3) is 0.732. The number of thiazole rings is 1. The second-order valence-electron chi connectivity index (χ2n) is 18.3. The number of aliphatic hydroxyl groups excluding tert-OH is 1. The van der Waals surface area contributed by atoms with Gasteiger partial charge in [0.1, 0.15) is 11.9 Å². The number of rotatable bonds is 9. The molecule has 7 nitrogen and oxygen atoms in total. The number of nitrogens with zero attached hydrogens (tertiary/aromatic N) is 1. The van der Waals surface area contributed by atoms with Crippen LogP contribution in [0.4, 0.5) is 0 Å². The molecule has 0 saturated heterocycles. The molecule has 2 rings (SSSR count). The third kappa shape index (κ3) is 12.2. The predicted molar refractivity (Wildman–Crippen MR) is 219 cm³/mol. The SMILES string of the molecule is C=CC[C@@]1(C)C(=O)[C@H](C)[C@@H](O[Si](C)(C)C(C)(C)C)[C@@H](C)CCC/C(CO)=C\C[C@@H](/C(C)=C/c2csc(C)n2)OC(=O)C[C@@H]1O[Si](C)(C)C(C)(C)C. The third-order valence-electron chi connectivity index (χ3n) is 11.9.